The molecule has 0 bridgehead atoms. The van der Waals surface area contributed by atoms with E-state index in [0.717, 1.165) is 0 Å². The van der Waals surface area contributed by atoms with Crippen molar-refractivity contribution in [2.24, 2.45) is 0 Å². The monoisotopic (exact) mass is 207 g/mol. The Morgan fingerprint density at radius 2 is 2.13 bits per heavy atom. The van der Waals surface area contributed by atoms with Gasteiger partial charge in [-0.15, -0.1) is 5.10 Å². The van der Waals surface area contributed by atoms with Crippen molar-refractivity contribution in [1.29, 1.82) is 0 Å². The lowest BCUT2D eigenvalue weighted by Gasteiger charge is -1.87. The summed E-state index contributed by atoms with van der Waals surface area (Å²) in [4.78, 5) is 11.4. The van der Waals surface area contributed by atoms with E-state index >= 15 is 0 Å². The molecule has 0 aliphatic heterocycles. The van der Waals surface area contributed by atoms with Crippen molar-refractivity contribution in [3.05, 3.63) is 44.3 Å². The third-order valence-corrected chi connectivity index (χ3v) is 1.45. The lowest BCUT2D eigenvalue weighted by atomic mass is 10.3. The standard InChI is InChI=1S/C6H3N3O3.N3/c10-9(11)4-2-1-3-5-6(4)7-8-12-5;1-3-2/h1-3H;/q;-1. The molecule has 0 radical (unpaired) electrons. The number of non-ortho nitro benzene ring substituents is 1. The zero-order valence-corrected chi connectivity index (χ0v) is 7.14. The Labute approximate surface area is 81.8 Å². The maximum atomic E-state index is 10.4. The minimum atomic E-state index is -0.521. The molecule has 9 nitrogen and oxygen atoms in total. The molecule has 0 aliphatic carbocycles. The molecule has 1 aromatic heterocycles. The van der Waals surface area contributed by atoms with Gasteiger partial charge in [0, 0.05) is 11.3 Å². The van der Waals surface area contributed by atoms with Crippen molar-refractivity contribution < 1.29 is 9.45 Å². The SMILES string of the molecule is O=[N+]([O-])c1cccc2onnc12.[N-]=[N+]=[N-]. The number of rotatable bonds is 1. The predicted molar refractivity (Wildman–Crippen MR) is 48.5 cm³/mol. The number of hydrogen-bond acceptors (Lipinski definition) is 5. The Kier molecular flexibility index (Phi) is 3.15. The van der Waals surface area contributed by atoms with E-state index in [1.165, 1.54) is 17.0 Å². The molecule has 0 N–H and O–H groups in total. The second kappa shape index (κ2) is 4.53. The van der Waals surface area contributed by atoms with Crippen LogP contribution in [0, 0.1) is 10.1 Å². The van der Waals surface area contributed by atoms with E-state index in [4.69, 9.17) is 11.1 Å². The van der Waals surface area contributed by atoms with Crippen LogP contribution in [0.25, 0.3) is 27.1 Å². The highest BCUT2D eigenvalue weighted by Gasteiger charge is 2.14. The Hall–Kier alpha value is -2.67. The molecule has 1 heterocycles. The Morgan fingerprint density at radius 1 is 1.47 bits per heavy atom. The summed E-state index contributed by atoms with van der Waals surface area (Å²) in [6.45, 7) is 0. The van der Waals surface area contributed by atoms with Gasteiger partial charge in [0.25, 0.3) is 0 Å². The predicted octanol–water partition coefficient (Wildman–Crippen LogP) is 2.00. The van der Waals surface area contributed by atoms with Gasteiger partial charge < -0.3 is 15.6 Å². The first-order valence-electron chi connectivity index (χ1n) is 3.54. The second-order valence-corrected chi connectivity index (χ2v) is 2.24. The zero-order valence-electron chi connectivity index (χ0n) is 7.14. The van der Waals surface area contributed by atoms with E-state index in [0.29, 0.717) is 5.58 Å². The Balaban J connectivity index is 0.000000337. The topological polar surface area (TPSA) is 141 Å². The molecule has 0 amide bonds. The Morgan fingerprint density at radius 3 is 2.73 bits per heavy atom. The van der Waals surface area contributed by atoms with Crippen molar-refractivity contribution in [2.45, 2.75) is 0 Å². The van der Waals surface area contributed by atoms with E-state index in [1.54, 1.807) is 6.07 Å². The zero-order chi connectivity index (χ0) is 11.3. The highest BCUT2D eigenvalue weighted by molar-refractivity contribution is 5.81. The minimum absolute atomic E-state index is 0.0891. The lowest BCUT2D eigenvalue weighted by molar-refractivity contribution is -0.383. The van der Waals surface area contributed by atoms with Crippen molar-refractivity contribution in [2.75, 3.05) is 0 Å². The molecule has 2 rings (SSSR count). The van der Waals surface area contributed by atoms with Gasteiger partial charge in [0.15, 0.2) is 5.58 Å². The van der Waals surface area contributed by atoms with Crippen molar-refractivity contribution in [3.63, 3.8) is 0 Å². The van der Waals surface area contributed by atoms with Gasteiger partial charge in [-0.05, 0) is 6.07 Å². The Bertz CT molecular complexity index is 514. The molecular formula is C6H3N6O3-. The third-order valence-electron chi connectivity index (χ3n) is 1.45. The summed E-state index contributed by atoms with van der Waals surface area (Å²) in [7, 11) is 0. The number of nitrogens with zero attached hydrogens (tertiary/aromatic N) is 6. The fraction of sp³-hybridized carbons (Fsp3) is 0. The van der Waals surface area contributed by atoms with Gasteiger partial charge in [-0.2, -0.15) is 0 Å². The van der Waals surface area contributed by atoms with Crippen LogP contribution in [0.2, 0.25) is 0 Å². The summed E-state index contributed by atoms with van der Waals surface area (Å²) in [5.41, 5.74) is 13.9. The number of nitro groups is 1. The van der Waals surface area contributed by atoms with E-state index in [2.05, 4.69) is 14.9 Å². The molecular weight excluding hydrogens is 204 g/mol. The molecule has 15 heavy (non-hydrogen) atoms. The van der Waals surface area contributed by atoms with Gasteiger partial charge in [-0.25, -0.2) is 0 Å². The minimum Gasteiger partial charge on any atom is -0.373 e. The number of aromatic nitrogens is 2. The molecule has 0 atom stereocenters. The highest BCUT2D eigenvalue weighted by atomic mass is 16.6. The van der Waals surface area contributed by atoms with Crippen molar-refractivity contribution in [3.8, 4) is 0 Å². The number of fused-ring (bicyclic) bond motifs is 1. The summed E-state index contributed by atoms with van der Waals surface area (Å²) >= 11 is 0. The van der Waals surface area contributed by atoms with Gasteiger partial charge in [-0.1, -0.05) is 6.07 Å². The maximum Gasteiger partial charge on any atom is 0.300 e. The quantitative estimate of drug-likeness (QED) is 0.231. The van der Waals surface area contributed by atoms with Crippen LogP contribution in [-0.2, 0) is 0 Å². The van der Waals surface area contributed by atoms with Gasteiger partial charge in [0.05, 0.1) is 4.92 Å². The fourth-order valence-corrected chi connectivity index (χ4v) is 0.937. The molecule has 9 heteroatoms. The van der Waals surface area contributed by atoms with Crippen LogP contribution < -0.4 is 0 Å². The average Bonchev–Trinajstić information content (AvgIpc) is 2.65. The van der Waals surface area contributed by atoms with E-state index in [9.17, 15) is 10.1 Å². The largest absolute Gasteiger partial charge is 0.373 e. The van der Waals surface area contributed by atoms with Gasteiger partial charge in [0.2, 0.25) is 5.52 Å². The van der Waals surface area contributed by atoms with Crippen molar-refractivity contribution >= 4 is 16.8 Å². The molecule has 2 aromatic rings. The van der Waals surface area contributed by atoms with E-state index in [-0.39, 0.29) is 11.2 Å². The van der Waals surface area contributed by atoms with Crippen LogP contribution in [0.1, 0.15) is 0 Å². The summed E-state index contributed by atoms with van der Waals surface area (Å²) < 4.78 is 4.64. The van der Waals surface area contributed by atoms with Gasteiger partial charge >= 0.3 is 5.69 Å². The van der Waals surface area contributed by atoms with Gasteiger partial charge in [0.1, 0.15) is 0 Å². The average molecular weight is 207 g/mol. The van der Waals surface area contributed by atoms with E-state index in [1.807, 2.05) is 0 Å². The molecule has 0 saturated heterocycles. The fourth-order valence-electron chi connectivity index (χ4n) is 0.937. The van der Waals surface area contributed by atoms with Crippen molar-refractivity contribution in [1.82, 2.24) is 10.4 Å². The molecule has 0 spiro atoms. The van der Waals surface area contributed by atoms with Crippen LogP contribution in [0.4, 0.5) is 5.69 Å². The smallest absolute Gasteiger partial charge is 0.300 e. The lowest BCUT2D eigenvalue weighted by Crippen LogP contribution is -1.88. The summed E-state index contributed by atoms with van der Waals surface area (Å²) in [5, 5.41) is 17.1. The van der Waals surface area contributed by atoms with Gasteiger partial charge in [-0.3, -0.25) is 15.0 Å². The number of benzene rings is 1. The molecule has 0 saturated carbocycles. The maximum absolute atomic E-state index is 10.4. The van der Waals surface area contributed by atoms with Crippen LogP contribution in [0.3, 0.4) is 0 Å². The second-order valence-electron chi connectivity index (χ2n) is 2.24. The normalized spacial score (nSPS) is 8.80. The number of nitro benzene ring substituents is 1. The summed E-state index contributed by atoms with van der Waals surface area (Å²) in [6.07, 6.45) is 0. The highest BCUT2D eigenvalue weighted by Crippen LogP contribution is 2.21. The molecule has 76 valence electrons. The summed E-state index contributed by atoms with van der Waals surface area (Å²) in [5.74, 6) is 0. The molecule has 0 aliphatic rings. The first kappa shape index (κ1) is 10.4. The molecule has 1 aromatic carbocycles. The summed E-state index contributed by atoms with van der Waals surface area (Å²) in [6, 6.07) is 4.45. The molecule has 0 fully saturated rings. The first-order valence-corrected chi connectivity index (χ1v) is 3.54. The number of hydrogen-bond donors (Lipinski definition) is 0. The third kappa shape index (κ3) is 2.17. The molecule has 0 unspecified atom stereocenters. The van der Waals surface area contributed by atoms with Crippen LogP contribution in [0.5, 0.6) is 0 Å². The van der Waals surface area contributed by atoms with Crippen LogP contribution >= 0.6 is 0 Å². The van der Waals surface area contributed by atoms with Crippen LogP contribution in [0.15, 0.2) is 22.7 Å². The van der Waals surface area contributed by atoms with E-state index < -0.39 is 4.92 Å². The first-order chi connectivity index (χ1) is 7.20. The van der Waals surface area contributed by atoms with Crippen LogP contribution in [-0.4, -0.2) is 15.3 Å².